The Morgan fingerprint density at radius 2 is 2.05 bits per heavy atom. The van der Waals surface area contributed by atoms with Gasteiger partial charge in [-0.15, -0.1) is 0 Å². The minimum Gasteiger partial charge on any atom is -0.481 e. The molecule has 1 N–H and O–H groups in total. The van der Waals surface area contributed by atoms with Crippen molar-refractivity contribution in [3.05, 3.63) is 39.4 Å². The first-order valence-electron chi connectivity index (χ1n) is 6.90. The predicted octanol–water partition coefficient (Wildman–Crippen LogP) is 4.49. The maximum Gasteiger partial charge on any atom is 0.258 e. The zero-order valence-corrected chi connectivity index (χ0v) is 15.1. The van der Waals surface area contributed by atoms with Gasteiger partial charge in [0.25, 0.3) is 5.89 Å². The lowest BCUT2D eigenvalue weighted by Crippen LogP contribution is -2.28. The fourth-order valence-electron chi connectivity index (χ4n) is 1.67. The summed E-state index contributed by atoms with van der Waals surface area (Å²) < 4.78 is 11.8. The highest BCUT2D eigenvalue weighted by molar-refractivity contribution is 9.10. The van der Waals surface area contributed by atoms with Crippen molar-refractivity contribution in [3.63, 3.8) is 0 Å². The minimum absolute atomic E-state index is 0.0575. The Morgan fingerprint density at radius 3 is 2.64 bits per heavy atom. The van der Waals surface area contributed by atoms with Gasteiger partial charge in [-0.05, 0) is 38.0 Å². The summed E-state index contributed by atoms with van der Waals surface area (Å²) in [5, 5.41) is 14.7. The van der Waals surface area contributed by atoms with Crippen LogP contribution in [0.25, 0.3) is 0 Å². The van der Waals surface area contributed by atoms with Gasteiger partial charge in [0.05, 0.1) is 5.02 Å². The number of halogens is 2. The second kappa shape index (κ2) is 6.56. The smallest absolute Gasteiger partial charge is 0.258 e. The number of ether oxygens (including phenoxy) is 1. The van der Waals surface area contributed by atoms with E-state index in [4.69, 9.17) is 20.9 Å². The summed E-state index contributed by atoms with van der Waals surface area (Å²) in [6.07, 6.45) is -0.459. The van der Waals surface area contributed by atoms with Crippen LogP contribution < -0.4 is 4.74 Å². The number of rotatable bonds is 5. The van der Waals surface area contributed by atoms with E-state index in [2.05, 4.69) is 26.1 Å². The molecule has 7 heteroatoms. The molecule has 0 aliphatic carbocycles. The normalized spacial score (nSPS) is 15.6. The molecule has 0 fully saturated rings. The number of benzene rings is 1. The first-order valence-corrected chi connectivity index (χ1v) is 8.07. The largest absolute Gasteiger partial charge is 0.481 e. The van der Waals surface area contributed by atoms with Gasteiger partial charge >= 0.3 is 0 Å². The van der Waals surface area contributed by atoms with Crippen molar-refractivity contribution in [1.29, 1.82) is 0 Å². The van der Waals surface area contributed by atoms with Crippen LogP contribution in [0.1, 0.15) is 45.5 Å². The average Bonchev–Trinajstić information content (AvgIpc) is 2.92. The van der Waals surface area contributed by atoms with E-state index >= 15 is 0 Å². The van der Waals surface area contributed by atoms with Crippen molar-refractivity contribution < 1.29 is 14.4 Å². The number of nitrogens with zero attached hydrogens (tertiary/aromatic N) is 2. The van der Waals surface area contributed by atoms with Gasteiger partial charge in [0.2, 0.25) is 5.82 Å². The lowest BCUT2D eigenvalue weighted by Gasteiger charge is -2.22. The van der Waals surface area contributed by atoms with Crippen molar-refractivity contribution in [3.8, 4) is 5.75 Å². The molecule has 22 heavy (non-hydrogen) atoms. The van der Waals surface area contributed by atoms with E-state index < -0.39 is 11.7 Å². The van der Waals surface area contributed by atoms with Gasteiger partial charge in [0.15, 0.2) is 6.10 Å². The fourth-order valence-corrected chi connectivity index (χ4v) is 2.38. The molecule has 0 saturated carbocycles. The van der Waals surface area contributed by atoms with Crippen LogP contribution in [0.4, 0.5) is 0 Å². The summed E-state index contributed by atoms with van der Waals surface area (Å²) in [5.41, 5.74) is -1.18. The summed E-state index contributed by atoms with van der Waals surface area (Å²) in [6, 6.07) is 5.34. The molecule has 1 heterocycles. The molecule has 0 radical (unpaired) electrons. The number of aromatic nitrogens is 2. The summed E-state index contributed by atoms with van der Waals surface area (Å²) in [4.78, 5) is 4.24. The Labute approximate surface area is 142 Å². The zero-order valence-electron chi connectivity index (χ0n) is 12.8. The van der Waals surface area contributed by atoms with Crippen LogP contribution in [0.15, 0.2) is 27.2 Å². The highest BCUT2D eigenvalue weighted by atomic mass is 79.9. The molecule has 0 amide bonds. The Bertz CT molecular complexity index is 658. The number of aliphatic hydroxyl groups is 1. The van der Waals surface area contributed by atoms with E-state index in [0.29, 0.717) is 16.6 Å². The molecular weight excluding hydrogens is 372 g/mol. The standard InChI is InChI=1S/C15H18BrClN2O3/c1-8(2)15(4,20)14-18-13(19-22-14)9(3)21-12-6-5-10(16)7-11(12)17/h5-9,20H,1-4H3. The Kier molecular flexibility index (Phi) is 5.14. The molecule has 0 saturated heterocycles. The molecule has 2 unspecified atom stereocenters. The predicted molar refractivity (Wildman–Crippen MR) is 86.9 cm³/mol. The third-order valence-electron chi connectivity index (χ3n) is 3.56. The van der Waals surface area contributed by atoms with E-state index in [1.54, 1.807) is 26.0 Å². The second-order valence-electron chi connectivity index (χ2n) is 5.59. The molecule has 1 aromatic carbocycles. The molecule has 0 spiro atoms. The molecule has 120 valence electrons. The van der Waals surface area contributed by atoms with Crippen LogP contribution in [-0.2, 0) is 5.60 Å². The van der Waals surface area contributed by atoms with Crippen molar-refractivity contribution in [2.24, 2.45) is 5.92 Å². The van der Waals surface area contributed by atoms with E-state index in [0.717, 1.165) is 4.47 Å². The number of hydrogen-bond acceptors (Lipinski definition) is 5. The molecule has 2 rings (SSSR count). The number of hydrogen-bond donors (Lipinski definition) is 1. The van der Waals surface area contributed by atoms with Gasteiger partial charge in [-0.2, -0.15) is 4.98 Å². The van der Waals surface area contributed by atoms with Crippen molar-refractivity contribution >= 4 is 27.5 Å². The SMILES string of the molecule is CC(Oc1ccc(Br)cc1Cl)c1noc(C(C)(O)C(C)C)n1. The molecule has 0 bridgehead atoms. The van der Waals surface area contributed by atoms with E-state index in [1.807, 2.05) is 19.9 Å². The average molecular weight is 390 g/mol. The Hall–Kier alpha value is -1.11. The minimum atomic E-state index is -1.18. The summed E-state index contributed by atoms with van der Waals surface area (Å²) >= 11 is 9.46. The highest BCUT2D eigenvalue weighted by Gasteiger charge is 2.34. The lowest BCUT2D eigenvalue weighted by atomic mass is 9.92. The van der Waals surface area contributed by atoms with Crippen molar-refractivity contribution in [1.82, 2.24) is 10.1 Å². The van der Waals surface area contributed by atoms with Gasteiger partial charge in [0, 0.05) is 4.47 Å². The fraction of sp³-hybridized carbons (Fsp3) is 0.467. The van der Waals surface area contributed by atoms with Crippen LogP contribution in [0, 0.1) is 5.92 Å². The topological polar surface area (TPSA) is 68.4 Å². The van der Waals surface area contributed by atoms with E-state index in [9.17, 15) is 5.11 Å². The van der Waals surface area contributed by atoms with Crippen LogP contribution in [-0.4, -0.2) is 15.2 Å². The third-order valence-corrected chi connectivity index (χ3v) is 4.35. The van der Waals surface area contributed by atoms with Gasteiger partial charge in [-0.1, -0.05) is 46.5 Å². The highest BCUT2D eigenvalue weighted by Crippen LogP contribution is 2.32. The molecule has 2 aromatic rings. The van der Waals surface area contributed by atoms with E-state index in [1.165, 1.54) is 0 Å². The van der Waals surface area contributed by atoms with Gasteiger partial charge in [-0.25, -0.2) is 0 Å². The summed E-state index contributed by atoms with van der Waals surface area (Å²) in [5.74, 6) is 1.00. The zero-order chi connectivity index (χ0) is 16.5. The third kappa shape index (κ3) is 3.62. The summed E-state index contributed by atoms with van der Waals surface area (Å²) in [6.45, 7) is 7.19. The molecule has 5 nitrogen and oxygen atoms in total. The van der Waals surface area contributed by atoms with Crippen molar-refractivity contribution in [2.45, 2.75) is 39.4 Å². The van der Waals surface area contributed by atoms with E-state index in [-0.39, 0.29) is 11.8 Å². The molecule has 1 aromatic heterocycles. The van der Waals surface area contributed by atoms with Gasteiger partial charge < -0.3 is 14.4 Å². The van der Waals surface area contributed by atoms with Gasteiger partial charge in [0.1, 0.15) is 11.4 Å². The lowest BCUT2D eigenvalue weighted by molar-refractivity contribution is -0.0205. The van der Waals surface area contributed by atoms with Crippen LogP contribution in [0.2, 0.25) is 5.02 Å². The Morgan fingerprint density at radius 1 is 1.36 bits per heavy atom. The monoisotopic (exact) mass is 388 g/mol. The van der Waals surface area contributed by atoms with Crippen molar-refractivity contribution in [2.75, 3.05) is 0 Å². The molecule has 2 atom stereocenters. The quantitative estimate of drug-likeness (QED) is 0.816. The van der Waals surface area contributed by atoms with Crippen LogP contribution in [0.5, 0.6) is 5.75 Å². The second-order valence-corrected chi connectivity index (χ2v) is 6.92. The first-order chi connectivity index (χ1) is 10.2. The Balaban J connectivity index is 2.17. The summed E-state index contributed by atoms with van der Waals surface area (Å²) in [7, 11) is 0. The maximum absolute atomic E-state index is 10.4. The van der Waals surface area contributed by atoms with Crippen LogP contribution in [0.3, 0.4) is 0 Å². The maximum atomic E-state index is 10.4. The van der Waals surface area contributed by atoms with Gasteiger partial charge in [-0.3, -0.25) is 0 Å². The first kappa shape index (κ1) is 17.2. The molecule has 0 aliphatic heterocycles. The molecule has 0 aliphatic rings. The van der Waals surface area contributed by atoms with Crippen LogP contribution >= 0.6 is 27.5 Å². The molecular formula is C15H18BrClN2O3.